The van der Waals surface area contributed by atoms with Crippen molar-refractivity contribution in [2.75, 3.05) is 19.8 Å². The van der Waals surface area contributed by atoms with Gasteiger partial charge in [0.1, 0.15) is 0 Å². The summed E-state index contributed by atoms with van der Waals surface area (Å²) in [5.74, 6) is 2.03. The Bertz CT molecular complexity index is 174. The summed E-state index contributed by atoms with van der Waals surface area (Å²) >= 11 is 0. The minimum Gasteiger partial charge on any atom is -0.378 e. The van der Waals surface area contributed by atoms with Crippen molar-refractivity contribution in [1.82, 2.24) is 5.32 Å². The van der Waals surface area contributed by atoms with E-state index in [1.165, 1.54) is 19.3 Å². The SMILES string of the molecule is C1COCC2(CCC3CC32)N1. The summed E-state index contributed by atoms with van der Waals surface area (Å²) in [5, 5.41) is 3.66. The zero-order valence-electron chi connectivity index (χ0n) is 6.81. The van der Waals surface area contributed by atoms with Gasteiger partial charge in [-0.25, -0.2) is 0 Å². The van der Waals surface area contributed by atoms with Gasteiger partial charge in [-0.05, 0) is 31.1 Å². The fourth-order valence-corrected chi connectivity index (χ4v) is 2.95. The third kappa shape index (κ3) is 0.798. The van der Waals surface area contributed by atoms with Gasteiger partial charge >= 0.3 is 0 Å². The Kier molecular flexibility index (Phi) is 1.16. The molecule has 0 amide bonds. The third-order valence-corrected chi connectivity index (χ3v) is 3.68. The molecule has 1 spiro atoms. The summed E-state index contributed by atoms with van der Waals surface area (Å²) in [4.78, 5) is 0. The normalized spacial score (nSPS) is 54.5. The van der Waals surface area contributed by atoms with E-state index in [1.54, 1.807) is 0 Å². The number of ether oxygens (including phenoxy) is 1. The molecule has 3 unspecified atom stereocenters. The fourth-order valence-electron chi connectivity index (χ4n) is 2.95. The Morgan fingerprint density at radius 2 is 2.45 bits per heavy atom. The van der Waals surface area contributed by atoms with Gasteiger partial charge in [0.2, 0.25) is 0 Å². The topological polar surface area (TPSA) is 21.3 Å². The number of fused-ring (bicyclic) bond motifs is 2. The van der Waals surface area contributed by atoms with Crippen molar-refractivity contribution in [2.45, 2.75) is 24.8 Å². The summed E-state index contributed by atoms with van der Waals surface area (Å²) in [7, 11) is 0. The standard InChI is InChI=1S/C9H15NO/c1-2-9(8-5-7(1)8)6-11-4-3-10-9/h7-8,10H,1-6H2. The monoisotopic (exact) mass is 153 g/mol. The van der Waals surface area contributed by atoms with Crippen LogP contribution in [0.3, 0.4) is 0 Å². The Labute approximate surface area is 67.3 Å². The van der Waals surface area contributed by atoms with Crippen LogP contribution in [0.1, 0.15) is 19.3 Å². The Morgan fingerprint density at radius 3 is 3.00 bits per heavy atom. The van der Waals surface area contributed by atoms with Crippen LogP contribution < -0.4 is 5.32 Å². The molecular formula is C9H15NO. The molecule has 0 bridgehead atoms. The first-order chi connectivity index (χ1) is 5.41. The molecule has 0 aromatic carbocycles. The second kappa shape index (κ2) is 1.99. The van der Waals surface area contributed by atoms with E-state index in [0.29, 0.717) is 5.54 Å². The average Bonchev–Trinajstić information content (AvgIpc) is 2.77. The van der Waals surface area contributed by atoms with Crippen LogP contribution in [0.15, 0.2) is 0 Å². The highest BCUT2D eigenvalue weighted by Gasteiger charge is 2.58. The van der Waals surface area contributed by atoms with Gasteiger partial charge in [-0.15, -0.1) is 0 Å². The molecule has 2 saturated carbocycles. The molecule has 2 nitrogen and oxygen atoms in total. The van der Waals surface area contributed by atoms with Crippen LogP contribution in [-0.4, -0.2) is 25.3 Å². The summed E-state index contributed by atoms with van der Waals surface area (Å²) in [6, 6.07) is 0. The summed E-state index contributed by atoms with van der Waals surface area (Å²) in [6.45, 7) is 2.97. The Morgan fingerprint density at radius 1 is 1.45 bits per heavy atom. The number of hydrogen-bond donors (Lipinski definition) is 1. The molecule has 1 N–H and O–H groups in total. The second-order valence-corrected chi connectivity index (χ2v) is 4.28. The number of morpholine rings is 1. The first-order valence-electron chi connectivity index (χ1n) is 4.73. The molecule has 3 rings (SSSR count). The number of rotatable bonds is 0. The zero-order chi connectivity index (χ0) is 7.31. The highest BCUT2D eigenvalue weighted by atomic mass is 16.5. The summed E-state index contributed by atoms with van der Waals surface area (Å²) in [6.07, 6.45) is 4.28. The third-order valence-electron chi connectivity index (χ3n) is 3.68. The summed E-state index contributed by atoms with van der Waals surface area (Å²) < 4.78 is 5.54. The molecule has 3 aliphatic rings. The lowest BCUT2D eigenvalue weighted by molar-refractivity contribution is 0.0199. The smallest absolute Gasteiger partial charge is 0.0651 e. The second-order valence-electron chi connectivity index (χ2n) is 4.28. The van der Waals surface area contributed by atoms with Crippen molar-refractivity contribution in [1.29, 1.82) is 0 Å². The van der Waals surface area contributed by atoms with E-state index >= 15 is 0 Å². The molecule has 0 aromatic heterocycles. The maximum absolute atomic E-state index is 5.54. The molecule has 1 saturated heterocycles. The minimum absolute atomic E-state index is 0.433. The lowest BCUT2D eigenvalue weighted by atomic mass is 9.93. The van der Waals surface area contributed by atoms with Gasteiger partial charge in [0, 0.05) is 12.1 Å². The predicted octanol–water partition coefficient (Wildman–Crippen LogP) is 0.775. The summed E-state index contributed by atoms with van der Waals surface area (Å²) in [5.41, 5.74) is 0.433. The quantitative estimate of drug-likeness (QED) is 0.555. The average molecular weight is 153 g/mol. The lowest BCUT2D eigenvalue weighted by Crippen LogP contribution is -2.54. The van der Waals surface area contributed by atoms with E-state index < -0.39 is 0 Å². The van der Waals surface area contributed by atoms with Crippen molar-refractivity contribution < 1.29 is 4.74 Å². The van der Waals surface area contributed by atoms with E-state index in [2.05, 4.69) is 5.32 Å². The molecule has 3 fully saturated rings. The first kappa shape index (κ1) is 6.44. The van der Waals surface area contributed by atoms with E-state index in [9.17, 15) is 0 Å². The molecule has 62 valence electrons. The molecule has 1 heterocycles. The van der Waals surface area contributed by atoms with E-state index in [4.69, 9.17) is 4.74 Å². The van der Waals surface area contributed by atoms with Crippen molar-refractivity contribution in [3.8, 4) is 0 Å². The first-order valence-corrected chi connectivity index (χ1v) is 4.73. The lowest BCUT2D eigenvalue weighted by Gasteiger charge is -2.36. The van der Waals surface area contributed by atoms with Gasteiger partial charge in [0.15, 0.2) is 0 Å². The van der Waals surface area contributed by atoms with Crippen molar-refractivity contribution in [3.63, 3.8) is 0 Å². The van der Waals surface area contributed by atoms with Crippen molar-refractivity contribution in [2.24, 2.45) is 11.8 Å². The highest BCUT2D eigenvalue weighted by Crippen LogP contribution is 2.57. The molecule has 1 aliphatic heterocycles. The van der Waals surface area contributed by atoms with Gasteiger partial charge < -0.3 is 10.1 Å². The van der Waals surface area contributed by atoms with Gasteiger partial charge in [-0.2, -0.15) is 0 Å². The van der Waals surface area contributed by atoms with Crippen molar-refractivity contribution >= 4 is 0 Å². The zero-order valence-corrected chi connectivity index (χ0v) is 6.81. The molecule has 11 heavy (non-hydrogen) atoms. The van der Waals surface area contributed by atoms with Crippen molar-refractivity contribution in [3.05, 3.63) is 0 Å². The molecule has 2 aliphatic carbocycles. The minimum atomic E-state index is 0.433. The maximum atomic E-state index is 5.54. The Hall–Kier alpha value is -0.0800. The molecule has 0 radical (unpaired) electrons. The number of nitrogens with one attached hydrogen (secondary N) is 1. The van der Waals surface area contributed by atoms with E-state index in [0.717, 1.165) is 31.6 Å². The molecule has 3 atom stereocenters. The van der Waals surface area contributed by atoms with Crippen LogP contribution in [-0.2, 0) is 4.74 Å². The maximum Gasteiger partial charge on any atom is 0.0651 e. The van der Waals surface area contributed by atoms with Gasteiger partial charge in [0.25, 0.3) is 0 Å². The molecule has 0 aromatic rings. The fraction of sp³-hybridized carbons (Fsp3) is 1.00. The predicted molar refractivity (Wildman–Crippen MR) is 42.4 cm³/mol. The van der Waals surface area contributed by atoms with E-state index in [1.807, 2.05) is 0 Å². The molecular weight excluding hydrogens is 138 g/mol. The van der Waals surface area contributed by atoms with Gasteiger partial charge in [-0.3, -0.25) is 0 Å². The van der Waals surface area contributed by atoms with E-state index in [-0.39, 0.29) is 0 Å². The van der Waals surface area contributed by atoms with Crippen LogP contribution in [0.4, 0.5) is 0 Å². The van der Waals surface area contributed by atoms with Crippen LogP contribution in [0, 0.1) is 11.8 Å². The Balaban J connectivity index is 1.81. The highest BCUT2D eigenvalue weighted by molar-refractivity contribution is 5.12. The van der Waals surface area contributed by atoms with Crippen LogP contribution in [0.2, 0.25) is 0 Å². The van der Waals surface area contributed by atoms with Gasteiger partial charge in [-0.1, -0.05) is 0 Å². The van der Waals surface area contributed by atoms with Crippen LogP contribution >= 0.6 is 0 Å². The number of hydrogen-bond acceptors (Lipinski definition) is 2. The van der Waals surface area contributed by atoms with Crippen LogP contribution in [0.25, 0.3) is 0 Å². The molecule has 2 heteroatoms. The largest absolute Gasteiger partial charge is 0.378 e. The van der Waals surface area contributed by atoms with Gasteiger partial charge in [0.05, 0.1) is 13.2 Å². The van der Waals surface area contributed by atoms with Crippen LogP contribution in [0.5, 0.6) is 0 Å².